The van der Waals surface area contributed by atoms with E-state index in [0.29, 0.717) is 11.1 Å². The third-order valence-electron chi connectivity index (χ3n) is 3.70. The molecule has 1 nitrogen and oxygen atoms in total. The summed E-state index contributed by atoms with van der Waals surface area (Å²) in [5, 5.41) is 6.98. The number of nitrogens with one attached hydrogen (secondary N) is 1. The van der Waals surface area contributed by atoms with Gasteiger partial charge in [-0.1, -0.05) is 30.3 Å². The highest BCUT2D eigenvalue weighted by Crippen LogP contribution is 2.25. The Labute approximate surface area is 128 Å². The van der Waals surface area contributed by atoms with Crippen LogP contribution in [0.5, 0.6) is 0 Å². The lowest BCUT2D eigenvalue weighted by Crippen LogP contribution is -2.12. The average molecular weight is 299 g/mol. The molecular formula is C18H18FNS. The van der Waals surface area contributed by atoms with Crippen molar-refractivity contribution in [3.8, 4) is 0 Å². The van der Waals surface area contributed by atoms with E-state index in [1.54, 1.807) is 11.3 Å². The van der Waals surface area contributed by atoms with Crippen LogP contribution in [0.25, 0.3) is 10.1 Å². The minimum absolute atomic E-state index is 0.0948. The second-order valence-corrected chi connectivity index (χ2v) is 6.32. The van der Waals surface area contributed by atoms with E-state index >= 15 is 0 Å². The molecular weight excluding hydrogens is 281 g/mol. The molecule has 0 fully saturated rings. The third-order valence-corrected chi connectivity index (χ3v) is 4.71. The van der Waals surface area contributed by atoms with Gasteiger partial charge in [-0.25, -0.2) is 4.39 Å². The molecule has 0 saturated heterocycles. The van der Waals surface area contributed by atoms with Crippen molar-refractivity contribution in [2.75, 3.05) is 0 Å². The van der Waals surface area contributed by atoms with E-state index in [2.05, 4.69) is 35.0 Å². The Kier molecular flexibility index (Phi) is 4.04. The maximum absolute atomic E-state index is 13.6. The Bertz CT molecular complexity index is 753. The lowest BCUT2D eigenvalue weighted by atomic mass is 10.1. The third kappa shape index (κ3) is 2.99. The SMILES string of the molecule is Cc1cc(CNCc2csc3ccccc23)cc(C)c1F. The molecule has 3 rings (SSSR count). The molecule has 0 spiro atoms. The predicted octanol–water partition coefficient (Wildman–Crippen LogP) is 4.95. The monoisotopic (exact) mass is 299 g/mol. The van der Waals surface area contributed by atoms with Gasteiger partial charge >= 0.3 is 0 Å². The first-order valence-corrected chi connectivity index (χ1v) is 7.94. The molecule has 3 heteroatoms. The molecule has 21 heavy (non-hydrogen) atoms. The summed E-state index contributed by atoms with van der Waals surface area (Å²) in [6, 6.07) is 12.3. The molecule has 0 aliphatic carbocycles. The van der Waals surface area contributed by atoms with Crippen molar-refractivity contribution in [2.45, 2.75) is 26.9 Å². The van der Waals surface area contributed by atoms with Crippen molar-refractivity contribution < 1.29 is 4.39 Å². The van der Waals surface area contributed by atoms with E-state index in [4.69, 9.17) is 0 Å². The topological polar surface area (TPSA) is 12.0 Å². The summed E-state index contributed by atoms with van der Waals surface area (Å²) >= 11 is 1.78. The van der Waals surface area contributed by atoms with Crippen molar-refractivity contribution >= 4 is 21.4 Å². The maximum atomic E-state index is 13.6. The summed E-state index contributed by atoms with van der Waals surface area (Å²) in [6.45, 7) is 5.22. The molecule has 1 N–H and O–H groups in total. The molecule has 3 aromatic rings. The summed E-state index contributed by atoms with van der Waals surface area (Å²) in [6.07, 6.45) is 0. The van der Waals surface area contributed by atoms with Crippen molar-refractivity contribution in [2.24, 2.45) is 0 Å². The summed E-state index contributed by atoms with van der Waals surface area (Å²) in [4.78, 5) is 0. The zero-order chi connectivity index (χ0) is 14.8. The Balaban J connectivity index is 1.69. The van der Waals surface area contributed by atoms with Gasteiger partial charge in [0.2, 0.25) is 0 Å². The smallest absolute Gasteiger partial charge is 0.129 e. The minimum Gasteiger partial charge on any atom is -0.309 e. The highest BCUT2D eigenvalue weighted by atomic mass is 32.1. The average Bonchev–Trinajstić information content (AvgIpc) is 2.88. The molecule has 0 atom stereocenters. The van der Waals surface area contributed by atoms with Gasteiger partial charge in [0.05, 0.1) is 0 Å². The highest BCUT2D eigenvalue weighted by Gasteiger charge is 2.05. The van der Waals surface area contributed by atoms with Gasteiger partial charge in [-0.05, 0) is 52.9 Å². The first kappa shape index (κ1) is 14.2. The summed E-state index contributed by atoms with van der Waals surface area (Å²) in [5.74, 6) is -0.0948. The van der Waals surface area contributed by atoms with E-state index in [-0.39, 0.29) is 5.82 Å². The first-order valence-electron chi connectivity index (χ1n) is 7.06. The van der Waals surface area contributed by atoms with Crippen LogP contribution in [0.3, 0.4) is 0 Å². The molecule has 2 aromatic carbocycles. The number of halogens is 1. The molecule has 0 saturated carbocycles. The number of rotatable bonds is 4. The van der Waals surface area contributed by atoms with E-state index in [1.165, 1.54) is 15.6 Å². The largest absolute Gasteiger partial charge is 0.309 e. The number of benzene rings is 2. The summed E-state index contributed by atoms with van der Waals surface area (Å²) < 4.78 is 14.9. The lowest BCUT2D eigenvalue weighted by Gasteiger charge is -2.08. The summed E-state index contributed by atoms with van der Waals surface area (Å²) in [5.41, 5.74) is 3.89. The zero-order valence-electron chi connectivity index (χ0n) is 12.2. The van der Waals surface area contributed by atoms with Crippen molar-refractivity contribution in [1.82, 2.24) is 5.32 Å². The Morgan fingerprint density at radius 3 is 2.52 bits per heavy atom. The van der Waals surface area contributed by atoms with Gasteiger partial charge in [0.25, 0.3) is 0 Å². The fourth-order valence-corrected chi connectivity index (χ4v) is 3.61. The van der Waals surface area contributed by atoms with Crippen LogP contribution < -0.4 is 5.32 Å². The molecule has 0 radical (unpaired) electrons. The van der Waals surface area contributed by atoms with Gasteiger partial charge in [0.1, 0.15) is 5.82 Å². The van der Waals surface area contributed by atoms with Crippen LogP contribution >= 0.6 is 11.3 Å². The molecule has 0 amide bonds. The van der Waals surface area contributed by atoms with Crippen LogP contribution in [-0.4, -0.2) is 0 Å². The van der Waals surface area contributed by atoms with Crippen LogP contribution in [0.4, 0.5) is 4.39 Å². The van der Waals surface area contributed by atoms with Crippen LogP contribution in [0.1, 0.15) is 22.3 Å². The Morgan fingerprint density at radius 1 is 1.05 bits per heavy atom. The van der Waals surface area contributed by atoms with Gasteiger partial charge in [-0.15, -0.1) is 11.3 Å². The fourth-order valence-electron chi connectivity index (χ4n) is 2.65. The lowest BCUT2D eigenvalue weighted by molar-refractivity contribution is 0.606. The molecule has 0 aliphatic heterocycles. The highest BCUT2D eigenvalue weighted by molar-refractivity contribution is 7.17. The predicted molar refractivity (Wildman–Crippen MR) is 88.2 cm³/mol. The van der Waals surface area contributed by atoms with Crippen LogP contribution in [0.2, 0.25) is 0 Å². The van der Waals surface area contributed by atoms with Crippen LogP contribution in [-0.2, 0) is 13.1 Å². The Hall–Kier alpha value is -1.71. The van der Waals surface area contributed by atoms with Gasteiger partial charge in [0, 0.05) is 17.8 Å². The quantitative estimate of drug-likeness (QED) is 0.719. The van der Waals surface area contributed by atoms with Gasteiger partial charge in [0.15, 0.2) is 0 Å². The van der Waals surface area contributed by atoms with Gasteiger partial charge < -0.3 is 5.32 Å². The molecule has 0 aliphatic rings. The molecule has 0 unspecified atom stereocenters. The van der Waals surface area contributed by atoms with Crippen molar-refractivity contribution in [1.29, 1.82) is 0 Å². The number of hydrogen-bond acceptors (Lipinski definition) is 2. The molecule has 1 heterocycles. The number of hydrogen-bond donors (Lipinski definition) is 1. The van der Waals surface area contributed by atoms with E-state index in [1.807, 2.05) is 26.0 Å². The maximum Gasteiger partial charge on any atom is 0.129 e. The van der Waals surface area contributed by atoms with Gasteiger partial charge in [-0.2, -0.15) is 0 Å². The number of aryl methyl sites for hydroxylation is 2. The normalized spacial score (nSPS) is 11.2. The molecule has 0 bridgehead atoms. The Morgan fingerprint density at radius 2 is 1.76 bits per heavy atom. The first-order chi connectivity index (χ1) is 10.1. The molecule has 1 aromatic heterocycles. The fraction of sp³-hybridized carbons (Fsp3) is 0.222. The summed E-state index contributed by atoms with van der Waals surface area (Å²) in [7, 11) is 0. The molecule has 108 valence electrons. The van der Waals surface area contributed by atoms with Gasteiger partial charge in [-0.3, -0.25) is 0 Å². The second-order valence-electron chi connectivity index (χ2n) is 5.40. The van der Waals surface area contributed by atoms with E-state index < -0.39 is 0 Å². The minimum atomic E-state index is -0.0948. The van der Waals surface area contributed by atoms with Crippen LogP contribution in [0.15, 0.2) is 41.8 Å². The second kappa shape index (κ2) is 5.96. The van der Waals surface area contributed by atoms with Crippen molar-refractivity contribution in [3.63, 3.8) is 0 Å². The standard InChI is InChI=1S/C18H18FNS/c1-12-7-14(8-13(2)18(12)19)9-20-10-15-11-21-17-6-4-3-5-16(15)17/h3-8,11,20H,9-10H2,1-2H3. The van der Waals surface area contributed by atoms with Crippen LogP contribution in [0, 0.1) is 19.7 Å². The number of thiophene rings is 1. The zero-order valence-corrected chi connectivity index (χ0v) is 13.1. The van der Waals surface area contributed by atoms with E-state index in [0.717, 1.165) is 18.7 Å². The number of fused-ring (bicyclic) bond motifs is 1. The van der Waals surface area contributed by atoms with Crippen molar-refractivity contribution in [3.05, 3.63) is 69.8 Å². The van der Waals surface area contributed by atoms with E-state index in [9.17, 15) is 4.39 Å².